The first-order chi connectivity index (χ1) is 14.5. The zero-order chi connectivity index (χ0) is 23.2. The molecule has 0 fully saturated rings. The zero-order valence-corrected chi connectivity index (χ0v) is 19.3. The second kappa shape index (κ2) is 10.7. The molecule has 0 aliphatic carbocycles. The molecule has 31 heavy (non-hydrogen) atoms. The van der Waals surface area contributed by atoms with E-state index < -0.39 is 26.8 Å². The van der Waals surface area contributed by atoms with Crippen LogP contribution in [0.15, 0.2) is 41.3 Å². The fourth-order valence-corrected chi connectivity index (χ4v) is 3.60. The summed E-state index contributed by atoms with van der Waals surface area (Å²) in [4.78, 5) is 22.9. The Hall–Kier alpha value is -2.50. The number of thioether (sulfide) groups is 1. The summed E-state index contributed by atoms with van der Waals surface area (Å²) < 4.78 is 34.0. The minimum Gasteiger partial charge on any atom is -0.463 e. The predicted molar refractivity (Wildman–Crippen MR) is 120 cm³/mol. The summed E-state index contributed by atoms with van der Waals surface area (Å²) >= 11 is 7.64. The highest BCUT2D eigenvalue weighted by molar-refractivity contribution is 7.98. The number of esters is 1. The molecule has 0 aliphatic heterocycles. The number of nitro benzene ring substituents is 1. The van der Waals surface area contributed by atoms with Crippen LogP contribution >= 0.6 is 23.4 Å². The number of carbonyl (C=O) groups excluding carboxylic acids is 1. The van der Waals surface area contributed by atoms with Crippen molar-refractivity contribution in [3.05, 3.63) is 51.5 Å². The van der Waals surface area contributed by atoms with Crippen LogP contribution in [0.4, 0.5) is 11.4 Å². The van der Waals surface area contributed by atoms with Crippen LogP contribution < -0.4 is 10.1 Å². The zero-order valence-electron chi connectivity index (χ0n) is 17.0. The summed E-state index contributed by atoms with van der Waals surface area (Å²) in [6.07, 6.45) is 2.94. The average Bonchev–Trinajstić information content (AvgIpc) is 2.68. The van der Waals surface area contributed by atoms with Crippen molar-refractivity contribution in [3.63, 3.8) is 0 Å². The van der Waals surface area contributed by atoms with Crippen molar-refractivity contribution in [2.75, 3.05) is 30.2 Å². The largest absolute Gasteiger partial charge is 0.463 e. The van der Waals surface area contributed by atoms with Gasteiger partial charge in [0.2, 0.25) is 0 Å². The van der Waals surface area contributed by atoms with Gasteiger partial charge in [-0.1, -0.05) is 11.6 Å². The standard InChI is InChI=1S/C19H21ClN2O7S2/c1-12(19(23)28-8-9-30-2)21-16-10-13(4-6-17(16)22(24)25)29-18-7-5-14(11-15(18)20)31(3,26)27/h4-7,10-12,21H,8-9H2,1-3H3. The van der Waals surface area contributed by atoms with Crippen LogP contribution in [0.25, 0.3) is 0 Å². The number of nitro groups is 1. The van der Waals surface area contributed by atoms with E-state index in [9.17, 15) is 23.3 Å². The Balaban J connectivity index is 2.25. The molecule has 2 rings (SSSR count). The van der Waals surface area contributed by atoms with E-state index in [0.717, 1.165) is 6.26 Å². The quantitative estimate of drug-likeness (QED) is 0.227. The van der Waals surface area contributed by atoms with Gasteiger partial charge in [-0.2, -0.15) is 11.8 Å². The van der Waals surface area contributed by atoms with E-state index in [-0.39, 0.29) is 39.4 Å². The fraction of sp³-hybridized carbons (Fsp3) is 0.316. The van der Waals surface area contributed by atoms with Crippen molar-refractivity contribution in [1.29, 1.82) is 0 Å². The normalized spacial score (nSPS) is 12.1. The first-order valence-electron chi connectivity index (χ1n) is 8.91. The van der Waals surface area contributed by atoms with E-state index in [1.165, 1.54) is 55.1 Å². The lowest BCUT2D eigenvalue weighted by Gasteiger charge is -2.16. The molecule has 2 aromatic carbocycles. The van der Waals surface area contributed by atoms with Crippen LogP contribution in [0.1, 0.15) is 6.92 Å². The summed E-state index contributed by atoms with van der Waals surface area (Å²) in [5, 5.41) is 14.2. The van der Waals surface area contributed by atoms with Crippen LogP contribution in [-0.2, 0) is 19.4 Å². The van der Waals surface area contributed by atoms with Crippen LogP contribution in [0, 0.1) is 10.1 Å². The maximum atomic E-state index is 12.1. The third-order valence-corrected chi connectivity index (χ3v) is 5.96. The maximum Gasteiger partial charge on any atom is 0.328 e. The van der Waals surface area contributed by atoms with Crippen molar-refractivity contribution >= 4 is 50.5 Å². The number of hydrogen-bond acceptors (Lipinski definition) is 9. The van der Waals surface area contributed by atoms with Gasteiger partial charge in [-0.25, -0.2) is 13.2 Å². The average molecular weight is 489 g/mol. The Labute approximate surface area is 189 Å². The first kappa shape index (κ1) is 24.8. The molecule has 0 amide bonds. The number of hydrogen-bond donors (Lipinski definition) is 1. The molecule has 1 unspecified atom stereocenters. The van der Waals surface area contributed by atoms with Gasteiger partial charge in [-0.3, -0.25) is 10.1 Å². The van der Waals surface area contributed by atoms with E-state index >= 15 is 0 Å². The van der Waals surface area contributed by atoms with Gasteiger partial charge in [0, 0.05) is 24.1 Å². The molecule has 0 aliphatic rings. The van der Waals surface area contributed by atoms with Crippen LogP contribution in [-0.4, -0.2) is 50.2 Å². The van der Waals surface area contributed by atoms with E-state index in [1.807, 2.05) is 6.26 Å². The summed E-state index contributed by atoms with van der Waals surface area (Å²) in [5.74, 6) is 0.457. The molecule has 2 aromatic rings. The number of ether oxygens (including phenoxy) is 2. The lowest BCUT2D eigenvalue weighted by Crippen LogP contribution is -2.29. The van der Waals surface area contributed by atoms with Gasteiger partial charge in [0.25, 0.3) is 5.69 Å². The van der Waals surface area contributed by atoms with Crippen LogP contribution in [0.3, 0.4) is 0 Å². The Bertz CT molecular complexity index is 1080. The highest BCUT2D eigenvalue weighted by Gasteiger charge is 2.21. The topological polar surface area (TPSA) is 125 Å². The molecule has 9 nitrogen and oxygen atoms in total. The number of carbonyl (C=O) groups is 1. The smallest absolute Gasteiger partial charge is 0.328 e. The summed E-state index contributed by atoms with van der Waals surface area (Å²) in [7, 11) is -3.44. The molecule has 168 valence electrons. The number of halogens is 1. The first-order valence-corrected chi connectivity index (χ1v) is 12.6. The third-order valence-electron chi connectivity index (χ3n) is 3.98. The number of sulfone groups is 1. The summed E-state index contributed by atoms with van der Waals surface area (Å²) in [5.41, 5.74) is -0.199. The molecule has 1 N–H and O–H groups in total. The summed E-state index contributed by atoms with van der Waals surface area (Å²) in [6.45, 7) is 1.76. The van der Waals surface area contributed by atoms with Crippen molar-refractivity contribution in [3.8, 4) is 11.5 Å². The van der Waals surface area contributed by atoms with Crippen molar-refractivity contribution < 1.29 is 27.6 Å². The molecule has 0 radical (unpaired) electrons. The highest BCUT2D eigenvalue weighted by Crippen LogP contribution is 2.35. The molecule has 0 heterocycles. The lowest BCUT2D eigenvalue weighted by atomic mass is 10.2. The minimum atomic E-state index is -3.44. The molecular weight excluding hydrogens is 468 g/mol. The molecule has 0 aromatic heterocycles. The Morgan fingerprint density at radius 2 is 2.00 bits per heavy atom. The Morgan fingerprint density at radius 3 is 2.58 bits per heavy atom. The number of benzene rings is 2. The lowest BCUT2D eigenvalue weighted by molar-refractivity contribution is -0.384. The predicted octanol–water partition coefficient (Wildman–Crippen LogP) is 4.15. The third kappa shape index (κ3) is 7.01. The van der Waals surface area contributed by atoms with Gasteiger partial charge in [0.1, 0.15) is 29.8 Å². The molecule has 12 heteroatoms. The Morgan fingerprint density at radius 1 is 1.29 bits per heavy atom. The van der Waals surface area contributed by atoms with Crippen molar-refractivity contribution in [1.82, 2.24) is 0 Å². The van der Waals surface area contributed by atoms with E-state index in [1.54, 1.807) is 0 Å². The van der Waals surface area contributed by atoms with Gasteiger partial charge in [-0.05, 0) is 37.4 Å². The Kier molecular flexibility index (Phi) is 8.54. The van der Waals surface area contributed by atoms with E-state index in [4.69, 9.17) is 21.1 Å². The number of nitrogens with one attached hydrogen (secondary N) is 1. The van der Waals surface area contributed by atoms with Gasteiger partial charge in [0.15, 0.2) is 9.84 Å². The monoisotopic (exact) mass is 488 g/mol. The highest BCUT2D eigenvalue weighted by atomic mass is 35.5. The molecule has 0 spiro atoms. The van der Waals surface area contributed by atoms with Gasteiger partial charge < -0.3 is 14.8 Å². The van der Waals surface area contributed by atoms with E-state index in [2.05, 4.69) is 5.32 Å². The van der Waals surface area contributed by atoms with Crippen molar-refractivity contribution in [2.24, 2.45) is 0 Å². The second-order valence-corrected chi connectivity index (χ2v) is 9.84. The van der Waals surface area contributed by atoms with Gasteiger partial charge in [0.05, 0.1) is 14.8 Å². The van der Waals surface area contributed by atoms with Gasteiger partial charge >= 0.3 is 5.97 Å². The minimum absolute atomic E-state index is 0.0321. The number of rotatable bonds is 10. The molecule has 1 atom stereocenters. The maximum absolute atomic E-state index is 12.1. The second-order valence-electron chi connectivity index (χ2n) is 6.43. The molecule has 0 saturated carbocycles. The van der Waals surface area contributed by atoms with Crippen LogP contribution in [0.5, 0.6) is 11.5 Å². The molecule has 0 saturated heterocycles. The SMILES string of the molecule is CSCCOC(=O)C(C)Nc1cc(Oc2ccc(S(C)(=O)=O)cc2Cl)ccc1[N+](=O)[O-]. The molecule has 0 bridgehead atoms. The van der Waals surface area contributed by atoms with Crippen LogP contribution in [0.2, 0.25) is 5.02 Å². The van der Waals surface area contributed by atoms with Gasteiger partial charge in [-0.15, -0.1) is 0 Å². The summed E-state index contributed by atoms with van der Waals surface area (Å²) in [6, 6.07) is 7.09. The molecular formula is C19H21ClN2O7S2. The van der Waals surface area contributed by atoms with Crippen molar-refractivity contribution in [2.45, 2.75) is 17.9 Å². The number of anilines is 1. The number of nitrogens with zero attached hydrogens (tertiary/aromatic N) is 1. The fourth-order valence-electron chi connectivity index (χ4n) is 2.42. The van der Waals surface area contributed by atoms with E-state index in [0.29, 0.717) is 5.75 Å².